The van der Waals surface area contributed by atoms with Gasteiger partial charge in [-0.2, -0.15) is 0 Å². The molecule has 1 saturated carbocycles. The van der Waals surface area contributed by atoms with E-state index in [4.69, 9.17) is 0 Å². The van der Waals surface area contributed by atoms with Gasteiger partial charge in [-0.25, -0.2) is 15.0 Å². The van der Waals surface area contributed by atoms with Gasteiger partial charge in [0, 0.05) is 5.41 Å². The minimum absolute atomic E-state index is 0.250. The Morgan fingerprint density at radius 2 is 2.21 bits per heavy atom. The summed E-state index contributed by atoms with van der Waals surface area (Å²) in [6.07, 6.45) is 3.93. The number of aromatic nitrogens is 4. The molecule has 0 aliphatic heterocycles. The Morgan fingerprint density at radius 1 is 1.43 bits per heavy atom. The molecule has 0 bridgehead atoms. The van der Waals surface area contributed by atoms with Crippen molar-refractivity contribution < 1.29 is 0 Å². The smallest absolute Gasteiger partial charge is 0.182 e. The second-order valence-corrected chi connectivity index (χ2v) is 4.76. The lowest BCUT2D eigenvalue weighted by molar-refractivity contribution is 0.727. The lowest BCUT2D eigenvalue weighted by Gasteiger charge is -2.00. The minimum atomic E-state index is 0.250. The quantitative estimate of drug-likeness (QED) is 0.792. The van der Waals surface area contributed by atoms with Crippen LogP contribution in [-0.2, 0) is 5.41 Å². The third-order valence-corrected chi connectivity index (χ3v) is 3.42. The summed E-state index contributed by atoms with van der Waals surface area (Å²) < 4.78 is 0.783. The van der Waals surface area contributed by atoms with Crippen LogP contribution in [0.4, 0.5) is 0 Å². The second kappa shape index (κ2) is 2.53. The van der Waals surface area contributed by atoms with Crippen LogP contribution in [0, 0.1) is 0 Å². The molecule has 2 aromatic rings. The molecule has 1 aliphatic carbocycles. The van der Waals surface area contributed by atoms with Crippen molar-refractivity contribution in [1.82, 2.24) is 19.9 Å². The third kappa shape index (κ3) is 1.08. The molecule has 0 saturated heterocycles. The predicted molar refractivity (Wildman–Crippen MR) is 56.0 cm³/mol. The van der Waals surface area contributed by atoms with E-state index >= 15 is 0 Å². The number of hydrogen-bond donors (Lipinski definition) is 1. The number of H-pyrrole nitrogens is 1. The SMILES string of the molecule is CC1(c2nc3ncnc(Br)c3[nH]2)CC1. The van der Waals surface area contributed by atoms with Gasteiger partial charge < -0.3 is 4.98 Å². The van der Waals surface area contributed by atoms with Gasteiger partial charge >= 0.3 is 0 Å². The highest BCUT2D eigenvalue weighted by Gasteiger charge is 2.42. The molecule has 2 aromatic heterocycles. The van der Waals surface area contributed by atoms with Crippen LogP contribution in [0.3, 0.4) is 0 Å². The van der Waals surface area contributed by atoms with Crippen LogP contribution in [0.2, 0.25) is 0 Å². The van der Waals surface area contributed by atoms with Crippen molar-refractivity contribution in [2.24, 2.45) is 0 Å². The Labute approximate surface area is 89.3 Å². The Hall–Kier alpha value is -0.970. The van der Waals surface area contributed by atoms with Gasteiger partial charge in [0.25, 0.3) is 0 Å². The van der Waals surface area contributed by atoms with Crippen molar-refractivity contribution in [2.75, 3.05) is 0 Å². The fourth-order valence-corrected chi connectivity index (χ4v) is 1.88. The van der Waals surface area contributed by atoms with Gasteiger partial charge in [-0.1, -0.05) is 6.92 Å². The second-order valence-electron chi connectivity index (χ2n) is 4.01. The summed E-state index contributed by atoms with van der Waals surface area (Å²) in [6.45, 7) is 2.21. The average Bonchev–Trinajstić information content (AvgIpc) is 2.77. The molecular formula is C9H9BrN4. The Balaban J connectivity index is 2.25. The van der Waals surface area contributed by atoms with E-state index in [0.29, 0.717) is 0 Å². The molecule has 0 radical (unpaired) electrons. The minimum Gasteiger partial charge on any atom is -0.338 e. The molecule has 0 atom stereocenters. The van der Waals surface area contributed by atoms with Crippen LogP contribution in [0.1, 0.15) is 25.6 Å². The van der Waals surface area contributed by atoms with Gasteiger partial charge in [0.15, 0.2) is 5.65 Å². The third-order valence-electron chi connectivity index (χ3n) is 2.81. The van der Waals surface area contributed by atoms with E-state index in [-0.39, 0.29) is 5.41 Å². The van der Waals surface area contributed by atoms with E-state index in [9.17, 15) is 0 Å². The fourth-order valence-electron chi connectivity index (χ4n) is 1.51. The Kier molecular flexibility index (Phi) is 1.51. The van der Waals surface area contributed by atoms with E-state index in [2.05, 4.69) is 42.8 Å². The predicted octanol–water partition coefficient (Wildman–Crippen LogP) is 2.17. The topological polar surface area (TPSA) is 54.5 Å². The summed E-state index contributed by atoms with van der Waals surface area (Å²) in [7, 11) is 0. The molecule has 1 N–H and O–H groups in total. The Morgan fingerprint density at radius 3 is 2.86 bits per heavy atom. The number of fused-ring (bicyclic) bond motifs is 1. The largest absolute Gasteiger partial charge is 0.338 e. The number of hydrogen-bond acceptors (Lipinski definition) is 3. The summed E-state index contributed by atoms with van der Waals surface area (Å²) in [5.41, 5.74) is 1.89. The number of halogens is 1. The van der Waals surface area contributed by atoms with E-state index in [1.165, 1.54) is 19.2 Å². The summed E-state index contributed by atoms with van der Waals surface area (Å²) in [4.78, 5) is 15.9. The first-order chi connectivity index (χ1) is 6.69. The number of imidazole rings is 1. The first kappa shape index (κ1) is 8.35. The van der Waals surface area contributed by atoms with Crippen molar-refractivity contribution in [3.8, 4) is 0 Å². The normalized spacial score (nSPS) is 18.7. The first-order valence-corrected chi connectivity index (χ1v) is 5.35. The molecule has 0 amide bonds. The van der Waals surface area contributed by atoms with Crippen LogP contribution in [0.5, 0.6) is 0 Å². The van der Waals surface area contributed by atoms with Crippen molar-refractivity contribution in [3.05, 3.63) is 16.8 Å². The maximum atomic E-state index is 4.47. The van der Waals surface area contributed by atoms with Gasteiger partial charge in [0.05, 0.1) is 0 Å². The summed E-state index contributed by atoms with van der Waals surface area (Å²) >= 11 is 3.37. The maximum Gasteiger partial charge on any atom is 0.182 e. The lowest BCUT2D eigenvalue weighted by atomic mass is 10.1. The number of nitrogens with zero attached hydrogens (tertiary/aromatic N) is 3. The fraction of sp³-hybridized carbons (Fsp3) is 0.444. The van der Waals surface area contributed by atoms with Gasteiger partial charge in [-0.3, -0.25) is 0 Å². The summed E-state index contributed by atoms with van der Waals surface area (Å²) in [5.74, 6) is 1.04. The first-order valence-electron chi connectivity index (χ1n) is 4.56. The highest BCUT2D eigenvalue weighted by Crippen LogP contribution is 2.46. The molecule has 4 nitrogen and oxygen atoms in total. The van der Waals surface area contributed by atoms with Crippen molar-refractivity contribution in [3.63, 3.8) is 0 Å². The van der Waals surface area contributed by atoms with Gasteiger partial charge in [-0.15, -0.1) is 0 Å². The zero-order valence-electron chi connectivity index (χ0n) is 7.71. The molecule has 0 spiro atoms. The van der Waals surface area contributed by atoms with Crippen LogP contribution < -0.4 is 0 Å². The molecule has 3 rings (SSSR count). The molecule has 14 heavy (non-hydrogen) atoms. The van der Waals surface area contributed by atoms with E-state index in [1.54, 1.807) is 0 Å². The highest BCUT2D eigenvalue weighted by atomic mass is 79.9. The maximum absolute atomic E-state index is 4.47. The molecule has 0 aromatic carbocycles. The average molecular weight is 253 g/mol. The Bertz CT molecular complexity index is 500. The molecule has 72 valence electrons. The van der Waals surface area contributed by atoms with Crippen LogP contribution in [0.25, 0.3) is 11.2 Å². The number of aromatic amines is 1. The number of nitrogens with one attached hydrogen (secondary N) is 1. The van der Waals surface area contributed by atoms with Crippen LogP contribution in [-0.4, -0.2) is 19.9 Å². The van der Waals surface area contributed by atoms with E-state index in [1.807, 2.05) is 0 Å². The molecule has 1 fully saturated rings. The lowest BCUT2D eigenvalue weighted by Crippen LogP contribution is -2.01. The summed E-state index contributed by atoms with van der Waals surface area (Å²) in [6, 6.07) is 0. The zero-order valence-corrected chi connectivity index (χ0v) is 9.30. The monoisotopic (exact) mass is 252 g/mol. The molecule has 2 heterocycles. The van der Waals surface area contributed by atoms with Crippen molar-refractivity contribution in [2.45, 2.75) is 25.2 Å². The van der Waals surface area contributed by atoms with Gasteiger partial charge in [0.1, 0.15) is 22.3 Å². The van der Waals surface area contributed by atoms with Crippen molar-refractivity contribution >= 4 is 27.1 Å². The molecule has 5 heteroatoms. The van der Waals surface area contributed by atoms with Gasteiger partial charge in [0.2, 0.25) is 0 Å². The molecule has 0 unspecified atom stereocenters. The number of rotatable bonds is 1. The van der Waals surface area contributed by atoms with E-state index in [0.717, 1.165) is 21.6 Å². The standard InChI is InChI=1S/C9H9BrN4/c1-9(2-3-9)8-13-5-6(10)11-4-12-7(5)14-8/h4H,2-3H2,1H3,(H,11,12,13,14). The highest BCUT2D eigenvalue weighted by molar-refractivity contribution is 9.10. The van der Waals surface area contributed by atoms with E-state index < -0.39 is 0 Å². The van der Waals surface area contributed by atoms with Crippen LogP contribution >= 0.6 is 15.9 Å². The molecule has 1 aliphatic rings. The zero-order chi connectivity index (χ0) is 9.76. The summed E-state index contributed by atoms with van der Waals surface area (Å²) in [5, 5.41) is 0. The van der Waals surface area contributed by atoms with Crippen LogP contribution in [0.15, 0.2) is 10.9 Å². The molecular weight excluding hydrogens is 244 g/mol. The van der Waals surface area contributed by atoms with Crippen molar-refractivity contribution in [1.29, 1.82) is 0 Å². The van der Waals surface area contributed by atoms with Gasteiger partial charge in [-0.05, 0) is 28.8 Å².